The van der Waals surface area contributed by atoms with Crippen LogP contribution < -0.4 is 14.8 Å². The Morgan fingerprint density at radius 1 is 1.16 bits per heavy atom. The molecule has 0 fully saturated rings. The molecule has 1 aliphatic heterocycles. The molecular formula is C20H15BrF4N2O4. The van der Waals surface area contributed by atoms with E-state index in [1.807, 2.05) is 12.1 Å². The first-order valence-corrected chi connectivity index (χ1v) is 9.66. The summed E-state index contributed by atoms with van der Waals surface area (Å²) >= 11 is 3.17. The van der Waals surface area contributed by atoms with Crippen LogP contribution >= 0.6 is 15.9 Å². The fraction of sp³-hybridized carbons (Fsp3) is 0.200. The lowest BCUT2D eigenvalue weighted by Gasteiger charge is -2.25. The molecule has 6 nitrogen and oxygen atoms in total. The highest BCUT2D eigenvalue weighted by Gasteiger charge is 2.32. The Balaban J connectivity index is 0.000000196. The van der Waals surface area contributed by atoms with E-state index >= 15 is 0 Å². The summed E-state index contributed by atoms with van der Waals surface area (Å²) in [4.78, 5) is 16.3. The number of nitrogens with one attached hydrogen (secondary N) is 1. The van der Waals surface area contributed by atoms with Crippen LogP contribution in [0.2, 0.25) is 0 Å². The Kier molecular flexibility index (Phi) is 7.16. The summed E-state index contributed by atoms with van der Waals surface area (Å²) in [5.41, 5.74) is 0.757. The highest BCUT2D eigenvalue weighted by atomic mass is 79.9. The summed E-state index contributed by atoms with van der Waals surface area (Å²) in [6.45, 7) is 0.561. The van der Waals surface area contributed by atoms with Crippen molar-refractivity contribution >= 4 is 21.8 Å². The third kappa shape index (κ3) is 6.45. The zero-order valence-electron chi connectivity index (χ0n) is 15.7. The molecule has 0 saturated carbocycles. The summed E-state index contributed by atoms with van der Waals surface area (Å²) in [5, 5.41) is 2.91. The molecule has 1 unspecified atom stereocenters. The Morgan fingerprint density at radius 3 is 2.61 bits per heavy atom. The van der Waals surface area contributed by atoms with Gasteiger partial charge in [-0.25, -0.2) is 4.39 Å². The molecule has 3 heterocycles. The van der Waals surface area contributed by atoms with Gasteiger partial charge in [-0.2, -0.15) is 0 Å². The van der Waals surface area contributed by atoms with Gasteiger partial charge >= 0.3 is 6.36 Å². The standard InChI is InChI=1S/C13H11BrN2O3.C7H4F4O/c14-11-4-3-10(19-11)13(17)16-8-5-7-18-9-2-1-6-15-12(8)9;8-5-3-1-2-4-6(5)12-7(9,10)11/h1-4,6,8H,5,7H2,(H,16,17);1-4H. The second-order valence-corrected chi connectivity index (χ2v) is 6.91. The Hall–Kier alpha value is -3.08. The number of fused-ring (bicyclic) bond motifs is 1. The number of amides is 1. The molecule has 3 aromatic rings. The van der Waals surface area contributed by atoms with Crippen LogP contribution in [-0.4, -0.2) is 23.9 Å². The first-order valence-electron chi connectivity index (χ1n) is 8.87. The lowest BCUT2D eigenvalue weighted by atomic mass is 10.1. The molecule has 4 rings (SSSR count). The normalized spacial score (nSPS) is 15.1. The number of benzene rings is 1. The quantitative estimate of drug-likeness (QED) is 0.484. The molecule has 0 aliphatic carbocycles. The predicted molar refractivity (Wildman–Crippen MR) is 104 cm³/mol. The van der Waals surface area contributed by atoms with Gasteiger partial charge in [-0.15, -0.1) is 13.2 Å². The molecule has 0 saturated heterocycles. The summed E-state index contributed by atoms with van der Waals surface area (Å²) in [7, 11) is 0. The molecule has 2 aromatic heterocycles. The fourth-order valence-electron chi connectivity index (χ4n) is 2.67. The van der Waals surface area contributed by atoms with Crippen LogP contribution in [0.3, 0.4) is 0 Å². The predicted octanol–water partition coefficient (Wildman–Crippen LogP) is 5.42. The maximum absolute atomic E-state index is 12.5. The van der Waals surface area contributed by atoms with Crippen LogP contribution in [0.4, 0.5) is 17.6 Å². The maximum atomic E-state index is 12.5. The number of rotatable bonds is 3. The van der Waals surface area contributed by atoms with Gasteiger partial charge in [-0.3, -0.25) is 9.78 Å². The zero-order valence-corrected chi connectivity index (χ0v) is 17.2. The van der Waals surface area contributed by atoms with E-state index in [1.54, 1.807) is 18.3 Å². The van der Waals surface area contributed by atoms with E-state index in [0.717, 1.165) is 23.6 Å². The van der Waals surface area contributed by atoms with Crippen molar-refractivity contribution in [2.24, 2.45) is 0 Å². The minimum absolute atomic E-state index is 0.152. The minimum atomic E-state index is -4.85. The van der Waals surface area contributed by atoms with Crippen molar-refractivity contribution in [1.82, 2.24) is 10.3 Å². The van der Waals surface area contributed by atoms with Crippen molar-refractivity contribution in [3.63, 3.8) is 0 Å². The number of halogens is 5. The van der Waals surface area contributed by atoms with Crippen molar-refractivity contribution in [3.05, 3.63) is 76.7 Å². The van der Waals surface area contributed by atoms with Crippen LogP contribution in [0.25, 0.3) is 0 Å². The molecule has 11 heteroatoms. The number of para-hydroxylation sites is 1. The van der Waals surface area contributed by atoms with E-state index in [0.29, 0.717) is 17.7 Å². The lowest BCUT2D eigenvalue weighted by Crippen LogP contribution is -2.32. The van der Waals surface area contributed by atoms with Crippen LogP contribution in [0.5, 0.6) is 11.5 Å². The first kappa shape index (κ1) is 22.6. The first-order chi connectivity index (χ1) is 14.7. The van der Waals surface area contributed by atoms with Crippen LogP contribution in [0.15, 0.2) is 63.8 Å². The number of aromatic nitrogens is 1. The third-order valence-electron chi connectivity index (χ3n) is 3.96. The SMILES string of the molecule is Fc1ccccc1OC(F)(F)F.O=C(NC1CCOc2cccnc21)c1ccc(Br)o1. The maximum Gasteiger partial charge on any atom is 0.573 e. The molecule has 164 valence electrons. The minimum Gasteiger partial charge on any atom is -0.491 e. The monoisotopic (exact) mass is 502 g/mol. The smallest absolute Gasteiger partial charge is 0.491 e. The molecule has 1 atom stereocenters. The Morgan fingerprint density at radius 2 is 1.94 bits per heavy atom. The number of carbonyl (C=O) groups is 1. The molecule has 0 bridgehead atoms. The Labute approximate surface area is 182 Å². The van der Waals surface area contributed by atoms with Crippen LogP contribution in [0.1, 0.15) is 28.7 Å². The van der Waals surface area contributed by atoms with Crippen molar-refractivity contribution in [2.75, 3.05) is 6.61 Å². The van der Waals surface area contributed by atoms with E-state index < -0.39 is 17.9 Å². The van der Waals surface area contributed by atoms with Crippen molar-refractivity contribution < 1.29 is 36.2 Å². The second-order valence-electron chi connectivity index (χ2n) is 6.13. The number of hydrogen-bond acceptors (Lipinski definition) is 5. The average Bonchev–Trinajstić information content (AvgIpc) is 3.16. The number of carbonyl (C=O) groups excluding carboxylic acids is 1. The summed E-state index contributed by atoms with van der Waals surface area (Å²) in [6, 6.07) is 11.1. The molecule has 0 radical (unpaired) electrons. The average molecular weight is 503 g/mol. The molecule has 1 aliphatic rings. The number of alkyl halides is 3. The summed E-state index contributed by atoms with van der Waals surface area (Å²) in [6.07, 6.45) is -2.46. The highest BCUT2D eigenvalue weighted by Crippen LogP contribution is 2.30. The molecule has 31 heavy (non-hydrogen) atoms. The molecule has 1 aromatic carbocycles. The van der Waals surface area contributed by atoms with Crippen molar-refractivity contribution in [3.8, 4) is 11.5 Å². The third-order valence-corrected chi connectivity index (χ3v) is 4.38. The van der Waals surface area contributed by atoms with E-state index in [4.69, 9.17) is 9.15 Å². The van der Waals surface area contributed by atoms with Crippen molar-refractivity contribution in [1.29, 1.82) is 0 Å². The van der Waals surface area contributed by atoms with Gasteiger partial charge in [0.25, 0.3) is 5.91 Å². The second kappa shape index (κ2) is 9.82. The van der Waals surface area contributed by atoms with Gasteiger partial charge in [0.1, 0.15) is 11.4 Å². The topological polar surface area (TPSA) is 73.6 Å². The van der Waals surface area contributed by atoms with Gasteiger partial charge in [-0.05, 0) is 52.3 Å². The van der Waals surface area contributed by atoms with Gasteiger partial charge in [0, 0.05) is 12.6 Å². The Bertz CT molecular complexity index is 1040. The van der Waals surface area contributed by atoms with Crippen LogP contribution in [0, 0.1) is 5.82 Å². The van der Waals surface area contributed by atoms with Gasteiger partial charge in [0.05, 0.1) is 12.6 Å². The lowest BCUT2D eigenvalue weighted by molar-refractivity contribution is -0.275. The molecular weight excluding hydrogens is 488 g/mol. The van der Waals surface area contributed by atoms with Gasteiger partial charge < -0.3 is 19.2 Å². The zero-order chi connectivity index (χ0) is 22.4. The summed E-state index contributed by atoms with van der Waals surface area (Å²) < 4.78 is 61.7. The number of ether oxygens (including phenoxy) is 2. The molecule has 0 spiro atoms. The fourth-order valence-corrected chi connectivity index (χ4v) is 2.97. The molecule has 1 amide bonds. The van der Waals surface area contributed by atoms with E-state index in [1.165, 1.54) is 12.1 Å². The van der Waals surface area contributed by atoms with Gasteiger partial charge in [-0.1, -0.05) is 12.1 Å². The number of pyridine rings is 1. The highest BCUT2D eigenvalue weighted by molar-refractivity contribution is 9.10. The van der Waals surface area contributed by atoms with Crippen LogP contribution in [-0.2, 0) is 0 Å². The van der Waals surface area contributed by atoms with E-state index in [2.05, 4.69) is 31.0 Å². The van der Waals surface area contributed by atoms with E-state index in [-0.39, 0.29) is 17.7 Å². The largest absolute Gasteiger partial charge is 0.573 e. The van der Waals surface area contributed by atoms with E-state index in [9.17, 15) is 22.4 Å². The number of nitrogens with zero attached hydrogens (tertiary/aromatic N) is 1. The number of furan rings is 1. The van der Waals surface area contributed by atoms with Gasteiger partial charge in [0.2, 0.25) is 0 Å². The summed E-state index contributed by atoms with van der Waals surface area (Å²) in [5.74, 6) is -1.11. The van der Waals surface area contributed by atoms with Gasteiger partial charge in [0.15, 0.2) is 22.0 Å². The number of hydrogen-bond donors (Lipinski definition) is 1. The molecule has 1 N–H and O–H groups in total. The van der Waals surface area contributed by atoms with Crippen molar-refractivity contribution in [2.45, 2.75) is 18.8 Å².